The maximum absolute atomic E-state index is 13.6. The first-order chi connectivity index (χ1) is 17.3. The molecule has 0 amide bonds. The molecule has 202 valence electrons. The molecule has 37 heavy (non-hydrogen) atoms. The van der Waals surface area contributed by atoms with E-state index in [9.17, 15) is 18.3 Å². The number of aryl methyl sites for hydroxylation is 1. The van der Waals surface area contributed by atoms with Crippen molar-refractivity contribution in [3.05, 3.63) is 57.6 Å². The summed E-state index contributed by atoms with van der Waals surface area (Å²) in [5.41, 5.74) is 6.79. The summed E-state index contributed by atoms with van der Waals surface area (Å²) in [6.45, 7) is 12.3. The lowest BCUT2D eigenvalue weighted by Gasteiger charge is -2.36. The molecule has 1 aliphatic heterocycles. The van der Waals surface area contributed by atoms with Crippen molar-refractivity contribution in [2.45, 2.75) is 104 Å². The van der Waals surface area contributed by atoms with E-state index in [2.05, 4.69) is 0 Å². The molecule has 2 aromatic rings. The van der Waals surface area contributed by atoms with Gasteiger partial charge in [-0.25, -0.2) is 13.2 Å². The second-order valence-electron chi connectivity index (χ2n) is 11.7. The fourth-order valence-corrected chi connectivity index (χ4v) is 8.00. The first-order valence-corrected chi connectivity index (χ1v) is 14.9. The maximum atomic E-state index is 13.6. The van der Waals surface area contributed by atoms with Crippen molar-refractivity contribution < 1.29 is 23.1 Å². The zero-order valence-corrected chi connectivity index (χ0v) is 23.9. The van der Waals surface area contributed by atoms with E-state index >= 15 is 0 Å². The minimum Gasteiger partial charge on any atom is -0.479 e. The van der Waals surface area contributed by atoms with Gasteiger partial charge in [0.2, 0.25) is 10.0 Å². The van der Waals surface area contributed by atoms with Crippen LogP contribution in [0.4, 0.5) is 0 Å². The Kier molecular flexibility index (Phi) is 7.89. The molecule has 1 atom stereocenters. The number of aliphatic carboxylic acids is 1. The fourth-order valence-electron chi connectivity index (χ4n) is 6.00. The highest BCUT2D eigenvalue weighted by molar-refractivity contribution is 7.89. The van der Waals surface area contributed by atoms with Crippen molar-refractivity contribution in [2.24, 2.45) is 0 Å². The predicted octanol–water partition coefficient (Wildman–Crippen LogP) is 6.24. The number of carboxylic acids is 1. The number of hydrogen-bond donors (Lipinski definition) is 1. The maximum Gasteiger partial charge on any atom is 0.337 e. The van der Waals surface area contributed by atoms with E-state index in [1.165, 1.54) is 0 Å². The van der Waals surface area contributed by atoms with Crippen molar-refractivity contribution in [1.29, 1.82) is 0 Å². The summed E-state index contributed by atoms with van der Waals surface area (Å²) in [7, 11) is -3.42. The second kappa shape index (κ2) is 10.5. The summed E-state index contributed by atoms with van der Waals surface area (Å²) in [5, 5.41) is 10.0. The fraction of sp³-hybridized carbons (Fsp3) is 0.567. The lowest BCUT2D eigenvalue weighted by Crippen LogP contribution is -2.43. The standard InChI is InChI=1S/C30H41NO5S/c1-19-12-14-22(15-13-19)26-20(2)24-16-17-31(37(34,35)23-10-8-7-9-11-23)18-25(24)21(3)27(26)28(29(32)33)36-30(4,5)6/h12-15,23,28H,7-11,16-18H2,1-6H3,(H,32,33). The molecular formula is C30H41NO5S. The summed E-state index contributed by atoms with van der Waals surface area (Å²) >= 11 is 0. The summed E-state index contributed by atoms with van der Waals surface area (Å²) < 4.78 is 35.0. The third-order valence-electron chi connectivity index (χ3n) is 7.90. The summed E-state index contributed by atoms with van der Waals surface area (Å²) in [4.78, 5) is 12.6. The van der Waals surface area contributed by atoms with Gasteiger partial charge >= 0.3 is 5.97 Å². The van der Waals surface area contributed by atoms with Gasteiger partial charge in [0, 0.05) is 18.7 Å². The lowest BCUT2D eigenvalue weighted by atomic mass is 9.80. The highest BCUT2D eigenvalue weighted by atomic mass is 32.2. The van der Waals surface area contributed by atoms with Gasteiger partial charge in [-0.1, -0.05) is 49.1 Å². The monoisotopic (exact) mass is 527 g/mol. The van der Waals surface area contributed by atoms with Gasteiger partial charge in [-0.3, -0.25) is 0 Å². The van der Waals surface area contributed by atoms with Gasteiger partial charge in [0.25, 0.3) is 0 Å². The van der Waals surface area contributed by atoms with E-state index < -0.39 is 27.7 Å². The minimum atomic E-state index is -3.42. The number of nitrogens with zero attached hydrogens (tertiary/aromatic N) is 1. The van der Waals surface area contributed by atoms with Crippen LogP contribution in [0.1, 0.15) is 92.4 Å². The van der Waals surface area contributed by atoms with Gasteiger partial charge in [-0.15, -0.1) is 0 Å². The van der Waals surface area contributed by atoms with Gasteiger partial charge in [0.05, 0.1) is 10.9 Å². The van der Waals surface area contributed by atoms with Crippen LogP contribution in [-0.2, 0) is 32.5 Å². The van der Waals surface area contributed by atoms with E-state index in [4.69, 9.17) is 4.74 Å². The van der Waals surface area contributed by atoms with Crippen molar-refractivity contribution in [1.82, 2.24) is 4.31 Å². The molecule has 0 aromatic heterocycles. The Labute approximate surface area is 222 Å². The molecule has 1 unspecified atom stereocenters. The first-order valence-electron chi connectivity index (χ1n) is 13.4. The normalized spacial score (nSPS) is 18.4. The molecule has 4 rings (SSSR count). The van der Waals surface area contributed by atoms with E-state index in [-0.39, 0.29) is 11.8 Å². The molecule has 2 aliphatic rings. The first kappa shape index (κ1) is 27.8. The Hall–Kier alpha value is -2.22. The summed E-state index contributed by atoms with van der Waals surface area (Å²) in [6, 6.07) is 8.13. The Morgan fingerprint density at radius 1 is 1.00 bits per heavy atom. The number of benzene rings is 2. The molecule has 1 heterocycles. The van der Waals surface area contributed by atoms with Crippen molar-refractivity contribution in [3.63, 3.8) is 0 Å². The minimum absolute atomic E-state index is 0.282. The highest BCUT2D eigenvalue weighted by Crippen LogP contribution is 2.43. The topological polar surface area (TPSA) is 83.9 Å². The molecule has 1 aliphatic carbocycles. The van der Waals surface area contributed by atoms with Gasteiger partial charge in [-0.2, -0.15) is 4.31 Å². The van der Waals surface area contributed by atoms with Crippen LogP contribution in [0.2, 0.25) is 0 Å². The smallest absolute Gasteiger partial charge is 0.337 e. The molecule has 0 radical (unpaired) electrons. The van der Waals surface area contributed by atoms with Crippen LogP contribution >= 0.6 is 0 Å². The van der Waals surface area contributed by atoms with Gasteiger partial charge in [0.1, 0.15) is 0 Å². The van der Waals surface area contributed by atoms with E-state index in [0.717, 1.165) is 71.0 Å². The quantitative estimate of drug-likeness (QED) is 0.481. The average Bonchev–Trinajstić information content (AvgIpc) is 2.85. The van der Waals surface area contributed by atoms with E-state index in [1.807, 2.05) is 65.8 Å². The van der Waals surface area contributed by atoms with Crippen molar-refractivity contribution in [3.8, 4) is 11.1 Å². The lowest BCUT2D eigenvalue weighted by molar-refractivity contribution is -0.160. The van der Waals surface area contributed by atoms with Crippen LogP contribution in [0.5, 0.6) is 0 Å². The van der Waals surface area contributed by atoms with Crippen molar-refractivity contribution >= 4 is 16.0 Å². The molecule has 0 bridgehead atoms. The number of sulfonamides is 1. The van der Waals surface area contributed by atoms with Crippen LogP contribution in [0.15, 0.2) is 24.3 Å². The molecule has 1 fully saturated rings. The molecule has 2 aromatic carbocycles. The van der Waals surface area contributed by atoms with Gasteiger partial charge < -0.3 is 9.84 Å². The Balaban J connectivity index is 1.89. The predicted molar refractivity (Wildman–Crippen MR) is 147 cm³/mol. The number of carbonyl (C=O) groups is 1. The third kappa shape index (κ3) is 5.64. The number of ether oxygens (including phenoxy) is 1. The summed E-state index contributed by atoms with van der Waals surface area (Å²) in [6.07, 6.45) is 3.91. The Bertz CT molecular complexity index is 1270. The van der Waals surface area contributed by atoms with Crippen molar-refractivity contribution in [2.75, 3.05) is 6.54 Å². The van der Waals surface area contributed by atoms with Gasteiger partial charge in [0.15, 0.2) is 6.10 Å². The number of carboxylic acid groups (broad SMARTS) is 1. The number of hydrogen-bond acceptors (Lipinski definition) is 4. The molecule has 0 spiro atoms. The third-order valence-corrected chi connectivity index (χ3v) is 10.2. The molecule has 1 N–H and O–H groups in total. The Morgan fingerprint density at radius 3 is 2.19 bits per heavy atom. The van der Waals surface area contributed by atoms with E-state index in [0.29, 0.717) is 18.5 Å². The molecule has 7 heteroatoms. The number of rotatable bonds is 6. The molecule has 6 nitrogen and oxygen atoms in total. The Morgan fingerprint density at radius 2 is 1.62 bits per heavy atom. The van der Waals surface area contributed by atoms with E-state index in [1.54, 1.807) is 4.31 Å². The van der Waals surface area contributed by atoms with Crippen LogP contribution in [-0.4, -0.2) is 41.2 Å². The number of fused-ring (bicyclic) bond motifs is 1. The molecular weight excluding hydrogens is 486 g/mol. The largest absolute Gasteiger partial charge is 0.479 e. The SMILES string of the molecule is Cc1ccc(-c2c(C)c3c(c(C)c2C(OC(C)(C)C)C(=O)O)CN(S(=O)(=O)C2CCCCC2)CC3)cc1. The average molecular weight is 528 g/mol. The van der Waals surface area contributed by atoms with Gasteiger partial charge in [-0.05, 0) is 94.2 Å². The molecule has 0 saturated heterocycles. The second-order valence-corrected chi connectivity index (χ2v) is 13.9. The zero-order chi connectivity index (χ0) is 27.1. The summed E-state index contributed by atoms with van der Waals surface area (Å²) in [5.74, 6) is -1.05. The van der Waals surface area contributed by atoms with Crippen LogP contribution in [0.25, 0.3) is 11.1 Å². The molecule has 1 saturated carbocycles. The van der Waals surface area contributed by atoms with Crippen LogP contribution < -0.4 is 0 Å². The zero-order valence-electron chi connectivity index (χ0n) is 23.1. The van der Waals surface area contributed by atoms with Crippen LogP contribution in [0.3, 0.4) is 0 Å². The highest BCUT2D eigenvalue weighted by Gasteiger charge is 2.38. The van der Waals surface area contributed by atoms with Crippen LogP contribution in [0, 0.1) is 20.8 Å².